The number of alkyl halides is 2. The van der Waals surface area contributed by atoms with Crippen molar-refractivity contribution in [1.29, 1.82) is 0 Å². The molecule has 5 nitrogen and oxygen atoms in total. The molecule has 0 unspecified atom stereocenters. The van der Waals surface area contributed by atoms with Gasteiger partial charge >= 0.3 is 0 Å². The molecule has 0 bridgehead atoms. The summed E-state index contributed by atoms with van der Waals surface area (Å²) in [5.74, 6) is 0.496. The van der Waals surface area contributed by atoms with Crippen LogP contribution < -0.4 is 5.73 Å². The molecule has 86 valence electrons. The molecular weight excluding hydrogens is 236 g/mol. The lowest BCUT2D eigenvalue weighted by molar-refractivity contribution is 0.155. The van der Waals surface area contributed by atoms with E-state index in [1.807, 2.05) is 0 Å². The van der Waals surface area contributed by atoms with Crippen molar-refractivity contribution in [3.05, 3.63) is 23.2 Å². The number of nitrogens with zero attached hydrogens (tertiary/aromatic N) is 4. The van der Waals surface area contributed by atoms with Gasteiger partial charge in [0.05, 0.1) is 10.9 Å². The van der Waals surface area contributed by atoms with E-state index in [2.05, 4.69) is 15.1 Å². The van der Waals surface area contributed by atoms with E-state index in [0.717, 1.165) is 17.5 Å². The average Bonchev–Trinajstić information content (AvgIpc) is 2.86. The summed E-state index contributed by atoms with van der Waals surface area (Å²) in [6.45, 7) is 1.74. The molecule has 0 aliphatic carbocycles. The van der Waals surface area contributed by atoms with Gasteiger partial charge in [-0.1, -0.05) is 11.3 Å². The van der Waals surface area contributed by atoms with Crippen LogP contribution >= 0.6 is 11.3 Å². The standard InChI is InChI=1S/C8H9F2N5S/c1-4(11)7-13-3-14-15(7)8-12-2-5(16-8)6(9)10/h2-4,6H,11H2,1H3/t4-/m0/s1. The zero-order valence-electron chi connectivity index (χ0n) is 8.34. The maximum Gasteiger partial charge on any atom is 0.274 e. The van der Waals surface area contributed by atoms with E-state index >= 15 is 0 Å². The number of rotatable bonds is 3. The molecule has 0 saturated carbocycles. The highest BCUT2D eigenvalue weighted by Crippen LogP contribution is 2.27. The topological polar surface area (TPSA) is 69.6 Å². The molecule has 2 aromatic rings. The lowest BCUT2D eigenvalue weighted by Crippen LogP contribution is -2.13. The van der Waals surface area contributed by atoms with Crippen LogP contribution in [0.1, 0.15) is 30.1 Å². The number of thiazole rings is 1. The summed E-state index contributed by atoms with van der Waals surface area (Å²) in [5, 5.41) is 4.26. The Labute approximate surface area is 93.9 Å². The van der Waals surface area contributed by atoms with Crippen LogP contribution in [0, 0.1) is 0 Å². The summed E-state index contributed by atoms with van der Waals surface area (Å²) in [6, 6.07) is -0.332. The van der Waals surface area contributed by atoms with Crippen molar-refractivity contribution in [1.82, 2.24) is 19.7 Å². The third kappa shape index (κ3) is 1.93. The fourth-order valence-corrected chi connectivity index (χ4v) is 1.92. The summed E-state index contributed by atoms with van der Waals surface area (Å²) in [6.07, 6.45) is -0.0621. The Morgan fingerprint density at radius 1 is 1.44 bits per heavy atom. The number of halogens is 2. The summed E-state index contributed by atoms with van der Waals surface area (Å²) in [7, 11) is 0. The predicted octanol–water partition coefficient (Wildman–Crippen LogP) is 1.68. The molecule has 0 fully saturated rings. The summed E-state index contributed by atoms with van der Waals surface area (Å²) >= 11 is 0.874. The molecule has 0 saturated heterocycles. The van der Waals surface area contributed by atoms with E-state index < -0.39 is 6.43 Å². The molecule has 2 heterocycles. The SMILES string of the molecule is C[C@H](N)c1ncnn1-c1ncc(C(F)F)s1. The number of nitrogens with two attached hydrogens (primary N) is 1. The van der Waals surface area contributed by atoms with Gasteiger partial charge in [0.25, 0.3) is 6.43 Å². The van der Waals surface area contributed by atoms with Gasteiger partial charge in [0.2, 0.25) is 5.13 Å². The Morgan fingerprint density at radius 2 is 2.19 bits per heavy atom. The third-order valence-electron chi connectivity index (χ3n) is 1.89. The number of aromatic nitrogens is 4. The summed E-state index contributed by atoms with van der Waals surface area (Å²) in [5.41, 5.74) is 5.67. The number of hydrogen-bond donors (Lipinski definition) is 1. The van der Waals surface area contributed by atoms with Crippen LogP contribution in [0.4, 0.5) is 8.78 Å². The zero-order chi connectivity index (χ0) is 11.7. The molecule has 2 N–H and O–H groups in total. The fraction of sp³-hybridized carbons (Fsp3) is 0.375. The molecule has 0 aromatic carbocycles. The van der Waals surface area contributed by atoms with Crippen LogP contribution in [-0.2, 0) is 0 Å². The molecule has 1 atom stereocenters. The average molecular weight is 245 g/mol. The monoisotopic (exact) mass is 245 g/mol. The Hall–Kier alpha value is -1.41. The minimum Gasteiger partial charge on any atom is -0.322 e. The molecule has 2 aromatic heterocycles. The molecule has 16 heavy (non-hydrogen) atoms. The van der Waals surface area contributed by atoms with Crippen molar-refractivity contribution in [3.8, 4) is 5.13 Å². The lowest BCUT2D eigenvalue weighted by atomic mass is 10.3. The second kappa shape index (κ2) is 4.22. The quantitative estimate of drug-likeness (QED) is 0.893. The van der Waals surface area contributed by atoms with Crippen LogP contribution in [0.3, 0.4) is 0 Å². The van der Waals surface area contributed by atoms with Crippen molar-refractivity contribution in [2.24, 2.45) is 5.73 Å². The molecule has 8 heteroatoms. The first kappa shape index (κ1) is 11.1. The van der Waals surface area contributed by atoms with Crippen molar-refractivity contribution in [2.75, 3.05) is 0 Å². The van der Waals surface area contributed by atoms with Crippen LogP contribution in [-0.4, -0.2) is 19.7 Å². The highest BCUT2D eigenvalue weighted by atomic mass is 32.1. The normalized spacial score (nSPS) is 13.3. The van der Waals surface area contributed by atoms with Gasteiger partial charge in [-0.25, -0.2) is 18.7 Å². The maximum atomic E-state index is 12.4. The Morgan fingerprint density at radius 3 is 2.75 bits per heavy atom. The highest BCUT2D eigenvalue weighted by molar-refractivity contribution is 7.14. The van der Waals surface area contributed by atoms with Gasteiger partial charge in [-0.2, -0.15) is 9.78 Å². The van der Waals surface area contributed by atoms with Gasteiger partial charge in [-0.3, -0.25) is 0 Å². The summed E-state index contributed by atoms with van der Waals surface area (Å²) in [4.78, 5) is 7.72. The van der Waals surface area contributed by atoms with Crippen LogP contribution in [0.25, 0.3) is 5.13 Å². The molecule has 0 amide bonds. The minimum absolute atomic E-state index is 0.0962. The van der Waals surface area contributed by atoms with Crippen LogP contribution in [0.5, 0.6) is 0 Å². The van der Waals surface area contributed by atoms with Gasteiger partial charge in [-0.05, 0) is 6.92 Å². The Balaban J connectivity index is 2.39. The lowest BCUT2D eigenvalue weighted by Gasteiger charge is -2.04. The first-order valence-electron chi connectivity index (χ1n) is 4.49. The van der Waals surface area contributed by atoms with Crippen molar-refractivity contribution in [3.63, 3.8) is 0 Å². The van der Waals surface area contributed by atoms with Gasteiger partial charge < -0.3 is 5.73 Å². The van der Waals surface area contributed by atoms with E-state index in [-0.39, 0.29) is 10.9 Å². The summed E-state index contributed by atoms with van der Waals surface area (Å²) < 4.78 is 26.1. The van der Waals surface area contributed by atoms with Gasteiger partial charge in [0.15, 0.2) is 5.82 Å². The van der Waals surface area contributed by atoms with E-state index in [1.165, 1.54) is 11.0 Å². The van der Waals surface area contributed by atoms with Crippen molar-refractivity contribution >= 4 is 11.3 Å². The molecule has 0 aliphatic heterocycles. The second-order valence-electron chi connectivity index (χ2n) is 3.16. The first-order chi connectivity index (χ1) is 7.59. The Kier molecular flexibility index (Phi) is 2.92. The molecule has 0 aliphatic rings. The smallest absolute Gasteiger partial charge is 0.274 e. The largest absolute Gasteiger partial charge is 0.322 e. The van der Waals surface area contributed by atoms with E-state index in [0.29, 0.717) is 11.0 Å². The number of hydrogen-bond acceptors (Lipinski definition) is 5. The van der Waals surface area contributed by atoms with Gasteiger partial charge in [0.1, 0.15) is 6.33 Å². The van der Waals surface area contributed by atoms with Gasteiger partial charge in [-0.15, -0.1) is 0 Å². The van der Waals surface area contributed by atoms with Crippen molar-refractivity contribution in [2.45, 2.75) is 19.4 Å². The van der Waals surface area contributed by atoms with Gasteiger partial charge in [0, 0.05) is 6.20 Å². The molecule has 0 radical (unpaired) electrons. The molecular formula is C8H9F2N5S. The van der Waals surface area contributed by atoms with Crippen LogP contribution in [0.15, 0.2) is 12.5 Å². The van der Waals surface area contributed by atoms with Crippen LogP contribution in [0.2, 0.25) is 0 Å². The van der Waals surface area contributed by atoms with E-state index in [9.17, 15) is 8.78 Å². The van der Waals surface area contributed by atoms with Crippen molar-refractivity contribution < 1.29 is 8.78 Å². The molecule has 2 rings (SSSR count). The molecule has 0 spiro atoms. The van der Waals surface area contributed by atoms with E-state index in [4.69, 9.17) is 5.73 Å². The fourth-order valence-electron chi connectivity index (χ4n) is 1.18. The zero-order valence-corrected chi connectivity index (χ0v) is 9.16. The minimum atomic E-state index is -2.52. The second-order valence-corrected chi connectivity index (χ2v) is 4.21. The van der Waals surface area contributed by atoms with E-state index in [1.54, 1.807) is 6.92 Å². The predicted molar refractivity (Wildman–Crippen MR) is 54.6 cm³/mol. The maximum absolute atomic E-state index is 12.4. The highest BCUT2D eigenvalue weighted by Gasteiger charge is 2.16. The first-order valence-corrected chi connectivity index (χ1v) is 5.31. The Bertz CT molecular complexity index is 478. The third-order valence-corrected chi connectivity index (χ3v) is 2.87.